The molecule has 0 spiro atoms. The van der Waals surface area contributed by atoms with Crippen molar-refractivity contribution in [3.63, 3.8) is 0 Å². The van der Waals surface area contributed by atoms with E-state index in [1.54, 1.807) is 0 Å². The molecular weight excluding hydrogens is 194 g/mol. The molecule has 0 amide bonds. The Kier molecular flexibility index (Phi) is 5.54. The summed E-state index contributed by atoms with van der Waals surface area (Å²) in [5.74, 6) is 0.747. The van der Waals surface area contributed by atoms with Crippen molar-refractivity contribution in [2.75, 3.05) is 6.54 Å². The number of hydrogen-bond acceptors (Lipinski definition) is 1. The summed E-state index contributed by atoms with van der Waals surface area (Å²) >= 11 is 0. The van der Waals surface area contributed by atoms with E-state index in [0.29, 0.717) is 6.04 Å². The molecule has 0 saturated carbocycles. The smallest absolute Gasteiger partial charge is 0.00412 e. The highest BCUT2D eigenvalue weighted by atomic mass is 14.9. The molecule has 2 atom stereocenters. The van der Waals surface area contributed by atoms with E-state index in [4.69, 9.17) is 0 Å². The quantitative estimate of drug-likeness (QED) is 0.771. The van der Waals surface area contributed by atoms with Crippen LogP contribution in [0.15, 0.2) is 24.3 Å². The second kappa shape index (κ2) is 6.70. The van der Waals surface area contributed by atoms with Gasteiger partial charge in [-0.15, -0.1) is 0 Å². The molecule has 0 heterocycles. The van der Waals surface area contributed by atoms with Gasteiger partial charge in [0.15, 0.2) is 0 Å². The maximum absolute atomic E-state index is 3.47. The molecule has 0 radical (unpaired) electrons. The molecule has 0 aliphatic heterocycles. The Bertz CT molecular complexity index is 289. The van der Waals surface area contributed by atoms with Gasteiger partial charge in [0.1, 0.15) is 0 Å². The molecule has 0 aliphatic carbocycles. The standard InChI is InChI=1S/C15H25N/c1-5-16-14(4)10-13(3)11-15-8-6-12(2)7-9-15/h6-9,13-14,16H,5,10-11H2,1-4H3. The second-order valence-electron chi connectivity index (χ2n) is 4.99. The summed E-state index contributed by atoms with van der Waals surface area (Å²) in [4.78, 5) is 0. The molecule has 1 N–H and O–H groups in total. The Morgan fingerprint density at radius 2 is 1.75 bits per heavy atom. The Labute approximate surface area is 100 Å². The first-order chi connectivity index (χ1) is 7.61. The van der Waals surface area contributed by atoms with E-state index in [1.165, 1.54) is 24.0 Å². The van der Waals surface area contributed by atoms with Crippen LogP contribution in [0.5, 0.6) is 0 Å². The molecule has 0 aromatic heterocycles. The Morgan fingerprint density at radius 3 is 2.31 bits per heavy atom. The maximum atomic E-state index is 3.47. The van der Waals surface area contributed by atoms with Gasteiger partial charge in [-0.1, -0.05) is 43.7 Å². The molecule has 1 nitrogen and oxygen atoms in total. The third kappa shape index (κ3) is 4.80. The zero-order valence-electron chi connectivity index (χ0n) is 11.1. The van der Waals surface area contributed by atoms with Crippen molar-refractivity contribution in [3.8, 4) is 0 Å². The van der Waals surface area contributed by atoms with Gasteiger partial charge in [0.25, 0.3) is 0 Å². The monoisotopic (exact) mass is 219 g/mol. The predicted octanol–water partition coefficient (Wildman–Crippen LogP) is 3.56. The normalized spacial score (nSPS) is 14.8. The van der Waals surface area contributed by atoms with Crippen molar-refractivity contribution >= 4 is 0 Å². The average molecular weight is 219 g/mol. The van der Waals surface area contributed by atoms with Crippen LogP contribution in [-0.2, 0) is 6.42 Å². The molecule has 0 saturated heterocycles. The molecule has 0 aliphatic rings. The van der Waals surface area contributed by atoms with Crippen molar-refractivity contribution in [1.82, 2.24) is 5.32 Å². The van der Waals surface area contributed by atoms with E-state index < -0.39 is 0 Å². The molecular formula is C15H25N. The van der Waals surface area contributed by atoms with E-state index in [9.17, 15) is 0 Å². The zero-order valence-corrected chi connectivity index (χ0v) is 11.1. The van der Waals surface area contributed by atoms with Crippen molar-refractivity contribution in [2.45, 2.75) is 46.6 Å². The highest BCUT2D eigenvalue weighted by Crippen LogP contribution is 2.14. The number of rotatable bonds is 6. The fourth-order valence-electron chi connectivity index (χ4n) is 2.25. The van der Waals surface area contributed by atoms with Crippen LogP contribution < -0.4 is 5.32 Å². The van der Waals surface area contributed by atoms with E-state index in [2.05, 4.69) is 57.3 Å². The lowest BCUT2D eigenvalue weighted by atomic mass is 9.94. The van der Waals surface area contributed by atoms with Crippen LogP contribution in [0.3, 0.4) is 0 Å². The first-order valence-corrected chi connectivity index (χ1v) is 6.40. The molecule has 1 rings (SSSR count). The van der Waals surface area contributed by atoms with Gasteiger partial charge < -0.3 is 5.32 Å². The minimum Gasteiger partial charge on any atom is -0.315 e. The number of nitrogens with one attached hydrogen (secondary N) is 1. The molecule has 0 bridgehead atoms. The van der Waals surface area contributed by atoms with Crippen molar-refractivity contribution in [1.29, 1.82) is 0 Å². The van der Waals surface area contributed by atoms with Gasteiger partial charge in [0, 0.05) is 6.04 Å². The van der Waals surface area contributed by atoms with Gasteiger partial charge in [-0.05, 0) is 44.7 Å². The minimum absolute atomic E-state index is 0.630. The third-order valence-corrected chi connectivity index (χ3v) is 3.01. The summed E-state index contributed by atoms with van der Waals surface area (Å²) in [7, 11) is 0. The highest BCUT2D eigenvalue weighted by molar-refractivity contribution is 5.21. The summed E-state index contributed by atoms with van der Waals surface area (Å²) < 4.78 is 0. The van der Waals surface area contributed by atoms with E-state index in [0.717, 1.165) is 12.5 Å². The molecule has 1 heteroatoms. The average Bonchev–Trinajstić information content (AvgIpc) is 2.21. The summed E-state index contributed by atoms with van der Waals surface area (Å²) in [5.41, 5.74) is 2.80. The van der Waals surface area contributed by atoms with Crippen molar-refractivity contribution in [2.24, 2.45) is 5.92 Å². The molecule has 1 aromatic rings. The highest BCUT2D eigenvalue weighted by Gasteiger charge is 2.08. The predicted molar refractivity (Wildman–Crippen MR) is 71.8 cm³/mol. The van der Waals surface area contributed by atoms with Gasteiger partial charge in [0.05, 0.1) is 0 Å². The molecule has 1 aromatic carbocycles. The zero-order chi connectivity index (χ0) is 12.0. The van der Waals surface area contributed by atoms with Gasteiger partial charge in [0.2, 0.25) is 0 Å². The van der Waals surface area contributed by atoms with Crippen molar-refractivity contribution < 1.29 is 0 Å². The van der Waals surface area contributed by atoms with Crippen molar-refractivity contribution in [3.05, 3.63) is 35.4 Å². The van der Waals surface area contributed by atoms with E-state index >= 15 is 0 Å². The van der Waals surface area contributed by atoms with Crippen LogP contribution in [0, 0.1) is 12.8 Å². The van der Waals surface area contributed by atoms with Crippen LogP contribution >= 0.6 is 0 Å². The van der Waals surface area contributed by atoms with Gasteiger partial charge in [-0.2, -0.15) is 0 Å². The van der Waals surface area contributed by atoms with Gasteiger partial charge in [-0.25, -0.2) is 0 Å². The SMILES string of the molecule is CCNC(C)CC(C)Cc1ccc(C)cc1. The summed E-state index contributed by atoms with van der Waals surface area (Å²) in [6.45, 7) is 9.99. The van der Waals surface area contributed by atoms with Crippen LogP contribution in [0.25, 0.3) is 0 Å². The Balaban J connectivity index is 2.39. The minimum atomic E-state index is 0.630. The molecule has 16 heavy (non-hydrogen) atoms. The third-order valence-electron chi connectivity index (χ3n) is 3.01. The van der Waals surface area contributed by atoms with Crippen LogP contribution in [0.1, 0.15) is 38.3 Å². The number of hydrogen-bond donors (Lipinski definition) is 1. The van der Waals surface area contributed by atoms with Crippen LogP contribution in [0.4, 0.5) is 0 Å². The summed E-state index contributed by atoms with van der Waals surface area (Å²) in [6, 6.07) is 9.55. The fraction of sp³-hybridized carbons (Fsp3) is 0.600. The fourth-order valence-corrected chi connectivity index (χ4v) is 2.25. The van der Waals surface area contributed by atoms with E-state index in [-0.39, 0.29) is 0 Å². The number of benzene rings is 1. The van der Waals surface area contributed by atoms with Gasteiger partial charge in [-0.3, -0.25) is 0 Å². The summed E-state index contributed by atoms with van der Waals surface area (Å²) in [5, 5.41) is 3.47. The molecule has 2 unspecified atom stereocenters. The first kappa shape index (κ1) is 13.2. The largest absolute Gasteiger partial charge is 0.315 e. The number of aryl methyl sites for hydroxylation is 1. The maximum Gasteiger partial charge on any atom is 0.00412 e. The Hall–Kier alpha value is -0.820. The lowest BCUT2D eigenvalue weighted by Gasteiger charge is -2.18. The Morgan fingerprint density at radius 1 is 1.12 bits per heavy atom. The van der Waals surface area contributed by atoms with Crippen LogP contribution in [0.2, 0.25) is 0 Å². The van der Waals surface area contributed by atoms with Gasteiger partial charge >= 0.3 is 0 Å². The lowest BCUT2D eigenvalue weighted by molar-refractivity contribution is 0.426. The van der Waals surface area contributed by atoms with E-state index in [1.807, 2.05) is 0 Å². The second-order valence-corrected chi connectivity index (χ2v) is 4.99. The summed E-state index contributed by atoms with van der Waals surface area (Å²) in [6.07, 6.45) is 2.44. The lowest BCUT2D eigenvalue weighted by Crippen LogP contribution is -2.27. The topological polar surface area (TPSA) is 12.0 Å². The molecule has 90 valence electrons. The first-order valence-electron chi connectivity index (χ1n) is 6.40. The van der Waals surface area contributed by atoms with Crippen LogP contribution in [-0.4, -0.2) is 12.6 Å². The molecule has 0 fully saturated rings.